The van der Waals surface area contributed by atoms with E-state index in [9.17, 15) is 9.59 Å². The number of cyclic esters (lactones) is 2. The number of fused-ring (bicyclic) bond motifs is 5. The van der Waals surface area contributed by atoms with Gasteiger partial charge >= 0.3 is 11.9 Å². The van der Waals surface area contributed by atoms with Crippen LogP contribution in [0.15, 0.2) is 12.2 Å². The molecule has 2 fully saturated rings. The lowest BCUT2D eigenvalue weighted by Crippen LogP contribution is -2.34. The van der Waals surface area contributed by atoms with Crippen molar-refractivity contribution >= 4 is 11.9 Å². The molecule has 0 N–H and O–H groups in total. The second-order valence-electron chi connectivity index (χ2n) is 3.87. The Hall–Kier alpha value is -1.16. The Morgan fingerprint density at radius 1 is 1.38 bits per heavy atom. The first-order valence-corrected chi connectivity index (χ1v) is 4.24. The lowest BCUT2D eigenvalue weighted by atomic mass is 9.78. The smallest absolute Gasteiger partial charge is 0.320 e. The summed E-state index contributed by atoms with van der Waals surface area (Å²) in [5, 5.41) is 0. The van der Waals surface area contributed by atoms with Gasteiger partial charge < -0.3 is 9.47 Å². The average Bonchev–Trinajstić information content (AvgIpc) is 2.62. The summed E-state index contributed by atoms with van der Waals surface area (Å²) in [4.78, 5) is 22.5. The zero-order valence-electron chi connectivity index (χ0n) is 7.02. The molecule has 4 atom stereocenters. The van der Waals surface area contributed by atoms with E-state index in [2.05, 4.69) is 4.74 Å². The maximum atomic E-state index is 11.3. The van der Waals surface area contributed by atoms with Crippen LogP contribution in [0.3, 0.4) is 0 Å². The van der Waals surface area contributed by atoms with Crippen molar-refractivity contribution in [2.75, 3.05) is 0 Å². The summed E-state index contributed by atoms with van der Waals surface area (Å²) in [6.45, 7) is 1.81. The van der Waals surface area contributed by atoms with Crippen LogP contribution in [0.4, 0.5) is 0 Å². The fourth-order valence-electron chi connectivity index (χ4n) is 2.46. The minimum atomic E-state index is -0.613. The second kappa shape index (κ2) is 1.85. The molecule has 0 saturated carbocycles. The molecule has 0 radical (unpaired) electrons. The summed E-state index contributed by atoms with van der Waals surface area (Å²) in [7, 11) is 0. The molecule has 0 aliphatic carbocycles. The molecule has 13 heavy (non-hydrogen) atoms. The van der Waals surface area contributed by atoms with Gasteiger partial charge in [-0.05, 0) is 6.92 Å². The van der Waals surface area contributed by atoms with Crippen LogP contribution in [0.25, 0.3) is 0 Å². The van der Waals surface area contributed by atoms with Crippen molar-refractivity contribution in [3.63, 3.8) is 0 Å². The molecule has 0 aromatic carbocycles. The molecule has 0 aromatic rings. The van der Waals surface area contributed by atoms with Gasteiger partial charge in [0.25, 0.3) is 0 Å². The van der Waals surface area contributed by atoms with Gasteiger partial charge in [-0.25, -0.2) is 0 Å². The molecule has 2 bridgehead atoms. The molecular weight excluding hydrogens is 172 g/mol. The summed E-state index contributed by atoms with van der Waals surface area (Å²) in [5.74, 6) is -1.70. The third-order valence-corrected chi connectivity index (χ3v) is 3.06. The number of hydrogen-bond acceptors (Lipinski definition) is 4. The van der Waals surface area contributed by atoms with Crippen LogP contribution in [0.2, 0.25) is 0 Å². The highest BCUT2D eigenvalue weighted by Gasteiger charge is 2.64. The first kappa shape index (κ1) is 7.26. The van der Waals surface area contributed by atoms with Crippen LogP contribution in [0, 0.1) is 11.8 Å². The number of carbonyl (C=O) groups excluding carboxylic acids is 2. The predicted octanol–water partition coefficient (Wildman–Crippen LogP) is 0.0295. The summed E-state index contributed by atoms with van der Waals surface area (Å²) in [6.07, 6.45) is 3.42. The van der Waals surface area contributed by atoms with Gasteiger partial charge in [-0.1, -0.05) is 12.2 Å². The number of ether oxygens (including phenoxy) is 2. The zero-order valence-corrected chi connectivity index (χ0v) is 7.02. The van der Waals surface area contributed by atoms with Crippen molar-refractivity contribution < 1.29 is 19.1 Å². The van der Waals surface area contributed by atoms with E-state index >= 15 is 0 Å². The van der Waals surface area contributed by atoms with Crippen LogP contribution in [0.1, 0.15) is 6.92 Å². The summed E-state index contributed by atoms with van der Waals surface area (Å²) in [5.41, 5.74) is -0.613. The van der Waals surface area contributed by atoms with E-state index in [0.29, 0.717) is 0 Å². The second-order valence-corrected chi connectivity index (χ2v) is 3.87. The summed E-state index contributed by atoms with van der Waals surface area (Å²) in [6, 6.07) is 0. The van der Waals surface area contributed by atoms with Crippen molar-refractivity contribution in [3.05, 3.63) is 12.2 Å². The topological polar surface area (TPSA) is 52.6 Å². The van der Waals surface area contributed by atoms with E-state index in [4.69, 9.17) is 4.74 Å². The molecule has 2 saturated heterocycles. The van der Waals surface area contributed by atoms with E-state index in [0.717, 1.165) is 0 Å². The number of esters is 2. The average molecular weight is 180 g/mol. The lowest BCUT2D eigenvalue weighted by Gasteiger charge is -2.20. The molecule has 3 aliphatic rings. The largest absolute Gasteiger partial charge is 0.393 e. The fourth-order valence-corrected chi connectivity index (χ4v) is 2.46. The van der Waals surface area contributed by atoms with Crippen LogP contribution >= 0.6 is 0 Å². The van der Waals surface area contributed by atoms with Crippen molar-refractivity contribution in [1.29, 1.82) is 0 Å². The molecule has 0 amide bonds. The van der Waals surface area contributed by atoms with Crippen LogP contribution in [-0.4, -0.2) is 23.6 Å². The van der Waals surface area contributed by atoms with Crippen LogP contribution in [-0.2, 0) is 19.1 Å². The first-order valence-electron chi connectivity index (χ1n) is 4.24. The first-order chi connectivity index (χ1) is 6.12. The van der Waals surface area contributed by atoms with E-state index in [1.165, 1.54) is 0 Å². The van der Waals surface area contributed by atoms with E-state index in [-0.39, 0.29) is 6.10 Å². The Balaban J connectivity index is 2.13. The van der Waals surface area contributed by atoms with E-state index in [1.54, 1.807) is 0 Å². The lowest BCUT2D eigenvalue weighted by molar-refractivity contribution is -0.157. The quantitative estimate of drug-likeness (QED) is 0.300. The van der Waals surface area contributed by atoms with Crippen LogP contribution in [0.5, 0.6) is 0 Å². The standard InChI is InChI=1S/C9H8O4/c1-9-3-2-4(13-9)5-6(9)8(11)12-7(5)10/h2-6H,1H3/t4-,5+,6+,9+/m0/s1. The normalized spacial score (nSPS) is 51.3. The number of carbonyl (C=O) groups is 2. The molecule has 4 heteroatoms. The zero-order chi connectivity index (χ0) is 9.22. The molecule has 0 aromatic heterocycles. The minimum absolute atomic E-state index is 0.256. The van der Waals surface area contributed by atoms with Gasteiger partial charge in [-0.3, -0.25) is 9.59 Å². The maximum Gasteiger partial charge on any atom is 0.320 e. The molecule has 3 heterocycles. The Morgan fingerprint density at radius 3 is 2.85 bits per heavy atom. The molecular formula is C9H8O4. The number of rotatable bonds is 0. The highest BCUT2D eigenvalue weighted by atomic mass is 16.6. The predicted molar refractivity (Wildman–Crippen MR) is 40.5 cm³/mol. The SMILES string of the molecule is C[C@]12C=C[C@H](O1)[C@H]1C(=O)OC(=O)[C@@H]12. The van der Waals surface area contributed by atoms with Crippen molar-refractivity contribution in [2.45, 2.75) is 18.6 Å². The van der Waals surface area contributed by atoms with Gasteiger partial charge in [0.2, 0.25) is 0 Å². The van der Waals surface area contributed by atoms with Gasteiger partial charge in [0, 0.05) is 0 Å². The summed E-state index contributed by atoms with van der Waals surface area (Å²) < 4.78 is 10.1. The van der Waals surface area contributed by atoms with Crippen LogP contribution < -0.4 is 0 Å². The molecule has 0 unspecified atom stereocenters. The van der Waals surface area contributed by atoms with Crippen molar-refractivity contribution in [2.24, 2.45) is 11.8 Å². The van der Waals surface area contributed by atoms with Crippen molar-refractivity contribution in [3.8, 4) is 0 Å². The maximum absolute atomic E-state index is 11.3. The minimum Gasteiger partial charge on any atom is -0.393 e. The molecule has 4 nitrogen and oxygen atoms in total. The van der Waals surface area contributed by atoms with Gasteiger partial charge in [-0.2, -0.15) is 0 Å². The number of hydrogen-bond donors (Lipinski definition) is 0. The molecule has 3 aliphatic heterocycles. The highest BCUT2D eigenvalue weighted by Crippen LogP contribution is 2.50. The van der Waals surface area contributed by atoms with Gasteiger partial charge in [0.1, 0.15) is 11.8 Å². The molecule has 3 rings (SSSR count). The summed E-state index contributed by atoms with van der Waals surface area (Å²) >= 11 is 0. The molecule has 0 spiro atoms. The monoisotopic (exact) mass is 180 g/mol. The van der Waals surface area contributed by atoms with Gasteiger partial charge in [0.15, 0.2) is 0 Å². The van der Waals surface area contributed by atoms with Gasteiger partial charge in [-0.15, -0.1) is 0 Å². The molecule has 68 valence electrons. The Kier molecular flexibility index (Phi) is 1.03. The van der Waals surface area contributed by atoms with Gasteiger partial charge in [0.05, 0.1) is 11.7 Å². The third-order valence-electron chi connectivity index (χ3n) is 3.06. The third kappa shape index (κ3) is 0.659. The Bertz CT molecular complexity index is 346. The Labute approximate surface area is 74.5 Å². The van der Waals surface area contributed by atoms with Crippen molar-refractivity contribution in [1.82, 2.24) is 0 Å². The van der Waals surface area contributed by atoms with E-state index < -0.39 is 29.4 Å². The van der Waals surface area contributed by atoms with E-state index in [1.807, 2.05) is 19.1 Å². The Morgan fingerprint density at radius 2 is 2.15 bits per heavy atom. The fraction of sp³-hybridized carbons (Fsp3) is 0.556. The highest BCUT2D eigenvalue weighted by molar-refractivity contribution is 5.99.